The van der Waals surface area contributed by atoms with E-state index in [-0.39, 0.29) is 0 Å². The van der Waals surface area contributed by atoms with E-state index in [4.69, 9.17) is 0 Å². The van der Waals surface area contributed by atoms with Crippen LogP contribution in [-0.4, -0.2) is 13.1 Å². The van der Waals surface area contributed by atoms with Gasteiger partial charge in [-0.15, -0.1) is 11.3 Å². The molecule has 0 amide bonds. The molecular formula is C19H27NS. The van der Waals surface area contributed by atoms with Crippen molar-refractivity contribution < 1.29 is 0 Å². The molecule has 0 atom stereocenters. The summed E-state index contributed by atoms with van der Waals surface area (Å²) in [4.78, 5) is 5.28. The maximum Gasteiger partial charge on any atom is 0.0366 e. The van der Waals surface area contributed by atoms with Crippen molar-refractivity contribution >= 4 is 17.0 Å². The van der Waals surface area contributed by atoms with Gasteiger partial charge in [-0.2, -0.15) is 0 Å². The van der Waals surface area contributed by atoms with Crippen LogP contribution in [-0.2, 0) is 0 Å². The highest BCUT2D eigenvalue weighted by atomic mass is 32.1. The van der Waals surface area contributed by atoms with Gasteiger partial charge in [0, 0.05) is 28.5 Å². The minimum atomic E-state index is 1.17. The first-order valence-corrected chi connectivity index (χ1v) is 8.98. The molecule has 2 aromatic rings. The van der Waals surface area contributed by atoms with E-state index < -0.39 is 0 Å². The first-order valence-electron chi connectivity index (χ1n) is 8.16. The average Bonchev–Trinajstić information content (AvgIpc) is 2.94. The molecule has 0 saturated carbocycles. The Labute approximate surface area is 133 Å². The minimum Gasteiger partial charge on any atom is -0.372 e. The molecule has 0 bridgehead atoms. The van der Waals surface area contributed by atoms with Gasteiger partial charge >= 0.3 is 0 Å². The number of thiophene rings is 1. The van der Waals surface area contributed by atoms with E-state index in [1.165, 1.54) is 59.8 Å². The summed E-state index contributed by atoms with van der Waals surface area (Å²) >= 11 is 1.87. The number of nitrogens with zero attached hydrogens (tertiary/aromatic N) is 1. The lowest BCUT2D eigenvalue weighted by atomic mass is 10.1. The summed E-state index contributed by atoms with van der Waals surface area (Å²) in [7, 11) is 0. The number of aryl methyl sites for hydroxylation is 1. The molecule has 1 nitrogen and oxygen atoms in total. The van der Waals surface area contributed by atoms with Gasteiger partial charge in [-0.1, -0.05) is 38.8 Å². The Bertz CT molecular complexity index is 519. The van der Waals surface area contributed by atoms with Gasteiger partial charge in [-0.25, -0.2) is 0 Å². The first-order chi connectivity index (χ1) is 10.2. The molecule has 0 N–H and O–H groups in total. The van der Waals surface area contributed by atoms with Crippen LogP contribution in [0.1, 0.15) is 44.4 Å². The molecule has 114 valence electrons. The molecule has 1 aromatic heterocycles. The van der Waals surface area contributed by atoms with Gasteiger partial charge in [0.15, 0.2) is 0 Å². The number of hydrogen-bond acceptors (Lipinski definition) is 2. The number of hydrogen-bond donors (Lipinski definition) is 0. The summed E-state index contributed by atoms with van der Waals surface area (Å²) in [6, 6.07) is 13.5. The van der Waals surface area contributed by atoms with Crippen LogP contribution in [0.25, 0.3) is 10.4 Å². The quantitative estimate of drug-likeness (QED) is 0.567. The predicted octanol–water partition coefficient (Wildman–Crippen LogP) is 6.13. The van der Waals surface area contributed by atoms with Crippen molar-refractivity contribution in [2.75, 3.05) is 18.0 Å². The van der Waals surface area contributed by atoms with Crippen molar-refractivity contribution in [1.29, 1.82) is 0 Å². The summed E-state index contributed by atoms with van der Waals surface area (Å²) in [5.41, 5.74) is 2.71. The van der Waals surface area contributed by atoms with Crippen LogP contribution in [0.5, 0.6) is 0 Å². The van der Waals surface area contributed by atoms with E-state index >= 15 is 0 Å². The number of anilines is 1. The molecule has 1 aromatic carbocycles. The maximum absolute atomic E-state index is 2.54. The van der Waals surface area contributed by atoms with E-state index in [0.717, 1.165) is 0 Å². The van der Waals surface area contributed by atoms with Crippen molar-refractivity contribution in [3.63, 3.8) is 0 Å². The standard InChI is InChI=1S/C19H27NS/c1-4-6-14-20(15-7-5-2)18-11-9-17(10-12-18)19-13-8-16(3)21-19/h8-13H,4-7,14-15H2,1-3H3. The van der Waals surface area contributed by atoms with Gasteiger partial charge in [0.05, 0.1) is 0 Å². The summed E-state index contributed by atoms with van der Waals surface area (Å²) in [5, 5.41) is 0. The Balaban J connectivity index is 2.10. The Morgan fingerprint density at radius 3 is 1.95 bits per heavy atom. The van der Waals surface area contributed by atoms with E-state index in [9.17, 15) is 0 Å². The van der Waals surface area contributed by atoms with Gasteiger partial charge < -0.3 is 4.90 Å². The highest BCUT2D eigenvalue weighted by Gasteiger charge is 2.07. The Hall–Kier alpha value is -1.28. The molecule has 0 spiro atoms. The lowest BCUT2D eigenvalue weighted by Gasteiger charge is -2.24. The third-order valence-electron chi connectivity index (χ3n) is 3.82. The van der Waals surface area contributed by atoms with Gasteiger partial charge in [-0.05, 0) is 49.6 Å². The van der Waals surface area contributed by atoms with Crippen LogP contribution in [0.15, 0.2) is 36.4 Å². The highest BCUT2D eigenvalue weighted by Crippen LogP contribution is 2.29. The van der Waals surface area contributed by atoms with Gasteiger partial charge in [0.25, 0.3) is 0 Å². The SMILES string of the molecule is CCCCN(CCCC)c1ccc(-c2ccc(C)s2)cc1. The van der Waals surface area contributed by atoms with Crippen molar-refractivity contribution in [2.45, 2.75) is 46.5 Å². The third-order valence-corrected chi connectivity index (χ3v) is 4.87. The Kier molecular flexibility index (Phi) is 6.31. The first kappa shape index (κ1) is 16.1. The molecular weight excluding hydrogens is 274 g/mol. The molecule has 0 radical (unpaired) electrons. The third kappa shape index (κ3) is 4.60. The predicted molar refractivity (Wildman–Crippen MR) is 96.5 cm³/mol. The smallest absolute Gasteiger partial charge is 0.0366 e. The van der Waals surface area contributed by atoms with Gasteiger partial charge in [-0.3, -0.25) is 0 Å². The Morgan fingerprint density at radius 1 is 0.857 bits per heavy atom. The summed E-state index contributed by atoms with van der Waals surface area (Å²) < 4.78 is 0. The molecule has 2 rings (SSSR count). The monoisotopic (exact) mass is 301 g/mol. The normalized spacial score (nSPS) is 10.8. The van der Waals surface area contributed by atoms with Crippen molar-refractivity contribution in [3.05, 3.63) is 41.3 Å². The summed E-state index contributed by atoms with van der Waals surface area (Å²) in [5.74, 6) is 0. The van der Waals surface area contributed by atoms with Crippen LogP contribution in [0.3, 0.4) is 0 Å². The van der Waals surface area contributed by atoms with Crippen molar-refractivity contribution in [3.8, 4) is 10.4 Å². The van der Waals surface area contributed by atoms with Gasteiger partial charge in [0.1, 0.15) is 0 Å². The van der Waals surface area contributed by atoms with E-state index in [2.05, 4.69) is 62.1 Å². The van der Waals surface area contributed by atoms with Gasteiger partial charge in [0.2, 0.25) is 0 Å². The van der Waals surface area contributed by atoms with Crippen molar-refractivity contribution in [2.24, 2.45) is 0 Å². The summed E-state index contributed by atoms with van der Waals surface area (Å²) in [6.45, 7) is 9.04. The van der Waals surface area contributed by atoms with E-state index in [1.807, 2.05) is 11.3 Å². The zero-order valence-electron chi connectivity index (χ0n) is 13.6. The molecule has 0 saturated heterocycles. The molecule has 0 aliphatic rings. The molecule has 0 unspecified atom stereocenters. The molecule has 21 heavy (non-hydrogen) atoms. The molecule has 0 aliphatic heterocycles. The largest absolute Gasteiger partial charge is 0.372 e. The van der Waals surface area contributed by atoms with Crippen LogP contribution in [0.4, 0.5) is 5.69 Å². The maximum atomic E-state index is 2.54. The molecule has 2 heteroatoms. The minimum absolute atomic E-state index is 1.17. The second-order valence-electron chi connectivity index (χ2n) is 5.65. The number of rotatable bonds is 8. The zero-order valence-corrected chi connectivity index (χ0v) is 14.4. The summed E-state index contributed by atoms with van der Waals surface area (Å²) in [6.07, 6.45) is 5.07. The second kappa shape index (κ2) is 8.23. The van der Waals surface area contributed by atoms with Crippen LogP contribution >= 0.6 is 11.3 Å². The lowest BCUT2D eigenvalue weighted by molar-refractivity contribution is 0.678. The Morgan fingerprint density at radius 2 is 1.48 bits per heavy atom. The molecule has 0 fully saturated rings. The van der Waals surface area contributed by atoms with E-state index in [0.29, 0.717) is 0 Å². The number of benzene rings is 1. The fraction of sp³-hybridized carbons (Fsp3) is 0.474. The highest BCUT2D eigenvalue weighted by molar-refractivity contribution is 7.15. The zero-order chi connectivity index (χ0) is 15.1. The fourth-order valence-corrected chi connectivity index (χ4v) is 3.37. The van der Waals surface area contributed by atoms with Crippen LogP contribution in [0.2, 0.25) is 0 Å². The van der Waals surface area contributed by atoms with E-state index in [1.54, 1.807) is 0 Å². The van der Waals surface area contributed by atoms with Crippen molar-refractivity contribution in [1.82, 2.24) is 0 Å². The fourth-order valence-electron chi connectivity index (χ4n) is 2.49. The van der Waals surface area contributed by atoms with Crippen LogP contribution < -0.4 is 4.90 Å². The molecule has 1 heterocycles. The average molecular weight is 301 g/mol. The topological polar surface area (TPSA) is 3.24 Å². The van der Waals surface area contributed by atoms with Crippen LogP contribution in [0, 0.1) is 6.92 Å². The number of unbranched alkanes of at least 4 members (excludes halogenated alkanes) is 2. The second-order valence-corrected chi connectivity index (χ2v) is 6.94. The molecule has 0 aliphatic carbocycles. The lowest BCUT2D eigenvalue weighted by Crippen LogP contribution is -2.25.